The number of nitrogens with zero attached hydrogens (tertiary/aromatic N) is 3. The highest BCUT2D eigenvalue weighted by molar-refractivity contribution is 6.04. The Hall–Kier alpha value is -3.24. The zero-order valence-electron chi connectivity index (χ0n) is 15.7. The molecule has 3 aromatic rings. The quantitative estimate of drug-likeness (QED) is 0.557. The Bertz CT molecular complexity index is 1090. The summed E-state index contributed by atoms with van der Waals surface area (Å²) in [5.41, 5.74) is 0.888. The van der Waals surface area contributed by atoms with E-state index < -0.39 is 30.9 Å². The maximum absolute atomic E-state index is 14.2. The molecule has 0 aliphatic carbocycles. The first-order valence-electron chi connectivity index (χ1n) is 8.52. The normalized spacial score (nSPS) is 11.9. The predicted molar refractivity (Wildman–Crippen MR) is 97.1 cm³/mol. The Labute approximate surface area is 166 Å². The van der Waals surface area contributed by atoms with Crippen LogP contribution in [0.2, 0.25) is 0 Å². The molecule has 1 heterocycles. The molecule has 160 valence electrons. The molecule has 0 aliphatic rings. The summed E-state index contributed by atoms with van der Waals surface area (Å²) < 4.78 is 83.6. The van der Waals surface area contributed by atoms with Crippen LogP contribution in [-0.2, 0) is 11.8 Å². The number of para-hydroxylation sites is 1. The Morgan fingerprint density at radius 3 is 2.57 bits per heavy atom. The second kappa shape index (κ2) is 7.88. The van der Waals surface area contributed by atoms with E-state index in [1.165, 1.54) is 42.1 Å². The van der Waals surface area contributed by atoms with Crippen LogP contribution in [0.5, 0.6) is 5.75 Å². The average Bonchev–Trinajstić information content (AvgIpc) is 3.01. The number of hydrogen-bond donors (Lipinski definition) is 0. The number of anilines is 1. The fourth-order valence-electron chi connectivity index (χ4n) is 2.97. The molecule has 0 saturated carbocycles. The van der Waals surface area contributed by atoms with Gasteiger partial charge in [-0.3, -0.25) is 14.4 Å². The molecule has 1 aromatic heterocycles. The molecule has 1 amide bonds. The van der Waals surface area contributed by atoms with Crippen molar-refractivity contribution < 1.29 is 35.9 Å². The van der Waals surface area contributed by atoms with E-state index in [4.69, 9.17) is 4.74 Å². The third kappa shape index (κ3) is 4.05. The van der Waals surface area contributed by atoms with Gasteiger partial charge in [0, 0.05) is 25.0 Å². The molecule has 0 bridgehead atoms. The molecule has 0 aliphatic heterocycles. The van der Waals surface area contributed by atoms with Gasteiger partial charge in [-0.15, -0.1) is 0 Å². The molecule has 30 heavy (non-hydrogen) atoms. The molecule has 0 saturated heterocycles. The lowest BCUT2D eigenvalue weighted by atomic mass is 10.0. The van der Waals surface area contributed by atoms with Gasteiger partial charge in [0.15, 0.2) is 17.4 Å². The highest BCUT2D eigenvalue weighted by atomic mass is 19.4. The summed E-state index contributed by atoms with van der Waals surface area (Å²) in [6.07, 6.45) is -7.88. The van der Waals surface area contributed by atoms with Gasteiger partial charge in [0.2, 0.25) is 0 Å². The van der Waals surface area contributed by atoms with Crippen LogP contribution < -0.4 is 9.64 Å². The minimum absolute atomic E-state index is 0.181. The standard InChI is InChI=1S/C19H15F6N3O2/c1-27(18(29)19(23,24)25)17-12-7-6-10(8-14(12)28(2)26-17)11-4-3-5-13(20)16(11)30-9-15(21)22/h3-8,15H,9H2,1-2H3. The second-order valence-electron chi connectivity index (χ2n) is 6.36. The summed E-state index contributed by atoms with van der Waals surface area (Å²) in [7, 11) is 2.41. The minimum atomic E-state index is -5.07. The molecule has 0 fully saturated rings. The SMILES string of the molecule is CN(C(=O)C(F)(F)F)c1nn(C)c2cc(-c3cccc(F)c3OCC(F)F)ccc12. The Kier molecular flexibility index (Phi) is 5.64. The molecule has 0 atom stereocenters. The van der Waals surface area contributed by atoms with Gasteiger partial charge >= 0.3 is 12.1 Å². The van der Waals surface area contributed by atoms with Gasteiger partial charge in [0.05, 0.1) is 5.52 Å². The lowest BCUT2D eigenvalue weighted by Gasteiger charge is -2.16. The first-order chi connectivity index (χ1) is 14.0. The summed E-state index contributed by atoms with van der Waals surface area (Å²) in [5, 5.41) is 4.22. The van der Waals surface area contributed by atoms with E-state index in [1.807, 2.05) is 0 Å². The third-order valence-corrected chi connectivity index (χ3v) is 4.33. The van der Waals surface area contributed by atoms with Crippen LogP contribution in [0.4, 0.5) is 32.2 Å². The number of aryl methyl sites for hydroxylation is 1. The zero-order chi connectivity index (χ0) is 22.2. The molecule has 5 nitrogen and oxygen atoms in total. The van der Waals surface area contributed by atoms with E-state index in [0.29, 0.717) is 16.0 Å². The number of rotatable bonds is 5. The van der Waals surface area contributed by atoms with E-state index in [-0.39, 0.29) is 22.5 Å². The number of carbonyl (C=O) groups is 1. The summed E-state index contributed by atoms with van der Waals surface area (Å²) in [4.78, 5) is 11.9. The Balaban J connectivity index is 2.07. The van der Waals surface area contributed by atoms with Gasteiger partial charge in [0.1, 0.15) is 6.61 Å². The van der Waals surface area contributed by atoms with Crippen LogP contribution in [0.1, 0.15) is 0 Å². The number of fused-ring (bicyclic) bond motifs is 1. The van der Waals surface area contributed by atoms with Crippen LogP contribution in [0.25, 0.3) is 22.0 Å². The van der Waals surface area contributed by atoms with Crippen molar-refractivity contribution in [1.29, 1.82) is 0 Å². The van der Waals surface area contributed by atoms with Crippen LogP contribution >= 0.6 is 0 Å². The summed E-state index contributed by atoms with van der Waals surface area (Å²) in [6, 6.07) is 8.24. The Morgan fingerprint density at radius 1 is 1.23 bits per heavy atom. The number of benzene rings is 2. The topological polar surface area (TPSA) is 47.4 Å². The number of hydrogen-bond acceptors (Lipinski definition) is 3. The van der Waals surface area contributed by atoms with Crippen molar-refractivity contribution in [3.63, 3.8) is 0 Å². The smallest absolute Gasteiger partial charge is 0.471 e. The maximum Gasteiger partial charge on any atom is 0.471 e. The average molecular weight is 431 g/mol. The molecule has 3 rings (SSSR count). The maximum atomic E-state index is 14.2. The number of alkyl halides is 5. The van der Waals surface area contributed by atoms with Gasteiger partial charge in [-0.05, 0) is 23.8 Å². The minimum Gasteiger partial charge on any atom is -0.484 e. The zero-order valence-corrected chi connectivity index (χ0v) is 15.7. The van der Waals surface area contributed by atoms with E-state index in [9.17, 15) is 31.1 Å². The van der Waals surface area contributed by atoms with E-state index in [2.05, 4.69) is 5.10 Å². The molecule has 0 spiro atoms. The number of carbonyl (C=O) groups excluding carboxylic acids is 1. The molecule has 2 aromatic carbocycles. The van der Waals surface area contributed by atoms with E-state index in [0.717, 1.165) is 13.1 Å². The van der Waals surface area contributed by atoms with Gasteiger partial charge < -0.3 is 4.74 Å². The summed E-state index contributed by atoms with van der Waals surface area (Å²) in [6.45, 7) is -1.00. The van der Waals surface area contributed by atoms with Crippen molar-refractivity contribution in [2.24, 2.45) is 7.05 Å². The largest absolute Gasteiger partial charge is 0.484 e. The Morgan fingerprint density at radius 2 is 1.93 bits per heavy atom. The molecule has 0 N–H and O–H groups in total. The van der Waals surface area contributed by atoms with Crippen LogP contribution in [0.15, 0.2) is 36.4 Å². The van der Waals surface area contributed by atoms with E-state index >= 15 is 0 Å². The van der Waals surface area contributed by atoms with Gasteiger partial charge in [0.25, 0.3) is 6.43 Å². The van der Waals surface area contributed by atoms with Crippen LogP contribution in [-0.4, -0.2) is 41.9 Å². The predicted octanol–water partition coefficient (Wildman–Crippen LogP) is 4.55. The highest BCUT2D eigenvalue weighted by Crippen LogP contribution is 2.36. The van der Waals surface area contributed by atoms with Crippen molar-refractivity contribution in [1.82, 2.24) is 9.78 Å². The van der Waals surface area contributed by atoms with E-state index in [1.54, 1.807) is 0 Å². The molecular weight excluding hydrogens is 416 g/mol. The molecular formula is C19H15F6N3O2. The molecule has 0 unspecified atom stereocenters. The number of amides is 1. The molecule has 11 heteroatoms. The number of halogens is 6. The lowest BCUT2D eigenvalue weighted by molar-refractivity contribution is -0.170. The van der Waals surface area contributed by atoms with Gasteiger partial charge in [-0.25, -0.2) is 13.2 Å². The summed E-state index contributed by atoms with van der Waals surface area (Å²) in [5.74, 6) is -3.51. The van der Waals surface area contributed by atoms with Gasteiger partial charge in [-0.2, -0.15) is 18.3 Å². The number of aromatic nitrogens is 2. The van der Waals surface area contributed by atoms with Crippen molar-refractivity contribution in [3.05, 3.63) is 42.2 Å². The third-order valence-electron chi connectivity index (χ3n) is 4.33. The van der Waals surface area contributed by atoms with Crippen LogP contribution in [0, 0.1) is 5.82 Å². The van der Waals surface area contributed by atoms with Gasteiger partial charge in [-0.1, -0.05) is 18.2 Å². The van der Waals surface area contributed by atoms with Crippen molar-refractivity contribution in [2.75, 3.05) is 18.6 Å². The number of ether oxygens (including phenoxy) is 1. The first kappa shape index (κ1) is 21.5. The summed E-state index contributed by atoms with van der Waals surface area (Å²) >= 11 is 0. The van der Waals surface area contributed by atoms with Crippen LogP contribution in [0.3, 0.4) is 0 Å². The van der Waals surface area contributed by atoms with Crippen molar-refractivity contribution >= 4 is 22.6 Å². The molecule has 0 radical (unpaired) electrons. The second-order valence-corrected chi connectivity index (χ2v) is 6.36. The monoisotopic (exact) mass is 431 g/mol. The first-order valence-corrected chi connectivity index (χ1v) is 8.52. The fourth-order valence-corrected chi connectivity index (χ4v) is 2.97. The lowest BCUT2D eigenvalue weighted by Crippen LogP contribution is -2.38. The highest BCUT2D eigenvalue weighted by Gasteiger charge is 2.42. The van der Waals surface area contributed by atoms with Crippen molar-refractivity contribution in [3.8, 4) is 16.9 Å². The van der Waals surface area contributed by atoms with Crippen molar-refractivity contribution in [2.45, 2.75) is 12.6 Å². The fraction of sp³-hybridized carbons (Fsp3) is 0.263.